The Balaban J connectivity index is 2.39. The quantitative estimate of drug-likeness (QED) is 0.696. The van der Waals surface area contributed by atoms with Gasteiger partial charge in [0.25, 0.3) is 0 Å². The average Bonchev–Trinajstić information content (AvgIpc) is 2.67. The van der Waals surface area contributed by atoms with Crippen molar-refractivity contribution in [2.45, 2.75) is 26.8 Å². The van der Waals surface area contributed by atoms with Crippen LogP contribution in [0.15, 0.2) is 18.0 Å². The van der Waals surface area contributed by atoms with Gasteiger partial charge in [0.1, 0.15) is 12.2 Å². The molecule has 0 radical (unpaired) electrons. The molecule has 0 aliphatic heterocycles. The third-order valence-electron chi connectivity index (χ3n) is 1.75. The molecule has 14 heavy (non-hydrogen) atoms. The number of aromatic amines is 1. The van der Waals surface area contributed by atoms with Crippen LogP contribution in [0.5, 0.6) is 0 Å². The summed E-state index contributed by atoms with van der Waals surface area (Å²) in [7, 11) is 0. The van der Waals surface area contributed by atoms with Gasteiger partial charge in [0.2, 0.25) is 5.91 Å². The van der Waals surface area contributed by atoms with E-state index in [-0.39, 0.29) is 5.91 Å². The number of hydrogen-bond acceptors (Lipinski definition) is 3. The van der Waals surface area contributed by atoms with Gasteiger partial charge >= 0.3 is 0 Å². The van der Waals surface area contributed by atoms with Crippen molar-refractivity contribution in [2.75, 3.05) is 0 Å². The van der Waals surface area contributed by atoms with Gasteiger partial charge in [-0.05, 0) is 13.3 Å². The fourth-order valence-electron chi connectivity index (χ4n) is 1.02. The highest BCUT2D eigenvalue weighted by Gasteiger charge is 2.03. The number of amides is 1. The third-order valence-corrected chi connectivity index (χ3v) is 1.75. The maximum Gasteiger partial charge on any atom is 0.246 e. The zero-order chi connectivity index (χ0) is 10.4. The molecule has 0 saturated carbocycles. The predicted molar refractivity (Wildman–Crippen MR) is 52.3 cm³/mol. The first kappa shape index (κ1) is 10.4. The molecule has 76 valence electrons. The van der Waals surface area contributed by atoms with Gasteiger partial charge in [-0.1, -0.05) is 13.0 Å². The standard InChI is InChI=1S/C9H14N4O/c1-3-4-7(2)9(14)10-5-8-11-6-12-13-8/h4,6H,3,5H2,1-2H3,(H,10,14)(H,11,12,13)/b7-4+. The number of aromatic nitrogens is 3. The minimum absolute atomic E-state index is 0.0664. The summed E-state index contributed by atoms with van der Waals surface area (Å²) in [4.78, 5) is 15.3. The van der Waals surface area contributed by atoms with E-state index in [1.807, 2.05) is 13.0 Å². The highest BCUT2D eigenvalue weighted by Crippen LogP contribution is 1.95. The van der Waals surface area contributed by atoms with Crippen molar-refractivity contribution in [1.82, 2.24) is 20.5 Å². The Hall–Kier alpha value is -1.65. The van der Waals surface area contributed by atoms with Crippen LogP contribution < -0.4 is 5.32 Å². The highest BCUT2D eigenvalue weighted by atomic mass is 16.1. The van der Waals surface area contributed by atoms with E-state index < -0.39 is 0 Å². The van der Waals surface area contributed by atoms with Crippen LogP contribution in [0.4, 0.5) is 0 Å². The van der Waals surface area contributed by atoms with Gasteiger partial charge in [-0.2, -0.15) is 5.10 Å². The molecule has 1 aromatic heterocycles. The third kappa shape index (κ3) is 3.01. The van der Waals surface area contributed by atoms with Crippen LogP contribution >= 0.6 is 0 Å². The molecule has 0 bridgehead atoms. The van der Waals surface area contributed by atoms with E-state index in [9.17, 15) is 4.79 Å². The molecule has 5 nitrogen and oxygen atoms in total. The Bertz CT molecular complexity index is 316. The van der Waals surface area contributed by atoms with Gasteiger partial charge < -0.3 is 5.32 Å². The second kappa shape index (κ2) is 5.16. The maximum atomic E-state index is 11.4. The van der Waals surface area contributed by atoms with Crippen molar-refractivity contribution in [3.05, 3.63) is 23.8 Å². The lowest BCUT2D eigenvalue weighted by Crippen LogP contribution is -2.24. The Morgan fingerprint density at radius 2 is 2.50 bits per heavy atom. The number of H-pyrrole nitrogens is 1. The van der Waals surface area contributed by atoms with Crippen LogP contribution in [0.25, 0.3) is 0 Å². The summed E-state index contributed by atoms with van der Waals surface area (Å²) in [5, 5.41) is 9.08. The predicted octanol–water partition coefficient (Wildman–Crippen LogP) is 0.777. The van der Waals surface area contributed by atoms with E-state index in [4.69, 9.17) is 0 Å². The minimum Gasteiger partial charge on any atom is -0.345 e. The molecule has 0 atom stereocenters. The van der Waals surface area contributed by atoms with E-state index in [0.717, 1.165) is 12.0 Å². The van der Waals surface area contributed by atoms with E-state index in [1.165, 1.54) is 6.33 Å². The largest absolute Gasteiger partial charge is 0.345 e. The molecule has 0 unspecified atom stereocenters. The van der Waals surface area contributed by atoms with Crippen LogP contribution in [0.3, 0.4) is 0 Å². The second-order valence-corrected chi connectivity index (χ2v) is 2.91. The van der Waals surface area contributed by atoms with E-state index in [1.54, 1.807) is 6.92 Å². The van der Waals surface area contributed by atoms with Crippen molar-refractivity contribution >= 4 is 5.91 Å². The van der Waals surface area contributed by atoms with Gasteiger partial charge in [0.15, 0.2) is 0 Å². The first-order chi connectivity index (χ1) is 6.74. The summed E-state index contributed by atoms with van der Waals surface area (Å²) in [6, 6.07) is 0. The fraction of sp³-hybridized carbons (Fsp3) is 0.444. The van der Waals surface area contributed by atoms with Crippen molar-refractivity contribution in [1.29, 1.82) is 0 Å². The Morgan fingerprint density at radius 1 is 1.71 bits per heavy atom. The van der Waals surface area contributed by atoms with Crippen LogP contribution in [0.2, 0.25) is 0 Å². The maximum absolute atomic E-state index is 11.4. The first-order valence-electron chi connectivity index (χ1n) is 4.53. The molecule has 0 aliphatic carbocycles. The molecule has 5 heteroatoms. The molecular formula is C9H14N4O. The van der Waals surface area contributed by atoms with Crippen LogP contribution in [0.1, 0.15) is 26.1 Å². The normalized spacial score (nSPS) is 11.4. The summed E-state index contributed by atoms with van der Waals surface area (Å²) < 4.78 is 0. The number of allylic oxidation sites excluding steroid dienone is 1. The summed E-state index contributed by atoms with van der Waals surface area (Å²) in [6.45, 7) is 4.17. The monoisotopic (exact) mass is 194 g/mol. The topological polar surface area (TPSA) is 70.7 Å². The zero-order valence-corrected chi connectivity index (χ0v) is 8.37. The highest BCUT2D eigenvalue weighted by molar-refractivity contribution is 5.92. The Kier molecular flexibility index (Phi) is 3.84. The molecule has 1 amide bonds. The van der Waals surface area contributed by atoms with Crippen LogP contribution in [-0.2, 0) is 11.3 Å². The fourth-order valence-corrected chi connectivity index (χ4v) is 1.02. The summed E-state index contributed by atoms with van der Waals surface area (Å²) in [6.07, 6.45) is 4.16. The molecule has 0 aromatic carbocycles. The SMILES string of the molecule is CC/C=C(\C)C(=O)NCc1ncn[nH]1. The van der Waals surface area contributed by atoms with Gasteiger partial charge in [0, 0.05) is 5.57 Å². The average molecular weight is 194 g/mol. The zero-order valence-electron chi connectivity index (χ0n) is 8.37. The van der Waals surface area contributed by atoms with Crippen molar-refractivity contribution in [3.63, 3.8) is 0 Å². The smallest absolute Gasteiger partial charge is 0.246 e. The molecule has 0 saturated heterocycles. The molecule has 1 heterocycles. The molecule has 0 aliphatic rings. The van der Waals surface area contributed by atoms with Crippen molar-refractivity contribution in [3.8, 4) is 0 Å². The van der Waals surface area contributed by atoms with Crippen molar-refractivity contribution in [2.24, 2.45) is 0 Å². The first-order valence-corrected chi connectivity index (χ1v) is 4.53. The number of carbonyl (C=O) groups excluding carboxylic acids is 1. The van der Waals surface area contributed by atoms with Gasteiger partial charge in [-0.15, -0.1) is 0 Å². The van der Waals surface area contributed by atoms with Gasteiger partial charge in [0.05, 0.1) is 6.54 Å². The number of rotatable bonds is 4. The molecule has 1 aromatic rings. The molecule has 2 N–H and O–H groups in total. The van der Waals surface area contributed by atoms with Gasteiger partial charge in [-0.3, -0.25) is 9.89 Å². The lowest BCUT2D eigenvalue weighted by Gasteiger charge is -2.02. The summed E-state index contributed by atoms with van der Waals surface area (Å²) >= 11 is 0. The molecular weight excluding hydrogens is 180 g/mol. The summed E-state index contributed by atoms with van der Waals surface area (Å²) in [5.74, 6) is 0.589. The van der Waals surface area contributed by atoms with E-state index in [0.29, 0.717) is 12.4 Å². The molecule has 0 fully saturated rings. The second-order valence-electron chi connectivity index (χ2n) is 2.91. The van der Waals surface area contributed by atoms with E-state index in [2.05, 4.69) is 20.5 Å². The molecule has 1 rings (SSSR count). The number of nitrogens with one attached hydrogen (secondary N) is 2. The number of nitrogens with zero attached hydrogens (tertiary/aromatic N) is 2. The van der Waals surface area contributed by atoms with Crippen molar-refractivity contribution < 1.29 is 4.79 Å². The lowest BCUT2D eigenvalue weighted by atomic mass is 10.2. The molecule has 0 spiro atoms. The Labute approximate surface area is 82.6 Å². The van der Waals surface area contributed by atoms with E-state index >= 15 is 0 Å². The summed E-state index contributed by atoms with van der Waals surface area (Å²) in [5.41, 5.74) is 0.729. The van der Waals surface area contributed by atoms with Crippen LogP contribution in [0, 0.1) is 0 Å². The lowest BCUT2D eigenvalue weighted by molar-refractivity contribution is -0.117. The van der Waals surface area contributed by atoms with Crippen LogP contribution in [-0.4, -0.2) is 21.1 Å². The number of carbonyl (C=O) groups is 1. The Morgan fingerprint density at radius 3 is 3.07 bits per heavy atom. The van der Waals surface area contributed by atoms with Gasteiger partial charge in [-0.25, -0.2) is 4.98 Å². The number of hydrogen-bond donors (Lipinski definition) is 2. The minimum atomic E-state index is -0.0664.